The second kappa shape index (κ2) is 7.04. The molecule has 1 aromatic rings. The molecule has 0 heterocycles. The third-order valence-corrected chi connectivity index (χ3v) is 4.29. The van der Waals surface area contributed by atoms with Crippen LogP contribution in [0.5, 0.6) is 0 Å². The normalized spacial score (nSPS) is 15.8. The molecule has 1 aromatic carbocycles. The molecule has 20 heavy (non-hydrogen) atoms. The number of benzene rings is 1. The smallest absolute Gasteiger partial charge is 0.224 e. The molecule has 0 unspecified atom stereocenters. The molecule has 3 nitrogen and oxygen atoms in total. The van der Waals surface area contributed by atoms with Crippen molar-refractivity contribution in [1.29, 1.82) is 0 Å². The van der Waals surface area contributed by atoms with E-state index >= 15 is 0 Å². The predicted octanol–water partition coefficient (Wildman–Crippen LogP) is 3.88. The Morgan fingerprint density at radius 2 is 2.05 bits per heavy atom. The van der Waals surface area contributed by atoms with Gasteiger partial charge in [0, 0.05) is 12.0 Å². The van der Waals surface area contributed by atoms with E-state index in [9.17, 15) is 4.79 Å². The second-order valence-corrected chi connectivity index (χ2v) is 6.16. The summed E-state index contributed by atoms with van der Waals surface area (Å²) in [6, 6.07) is 5.18. The SMILES string of the molecule is NC(=S)c1ccc(Cl)c(NC(=O)CC2CCCCC2)c1. The van der Waals surface area contributed by atoms with Crippen LogP contribution in [0.3, 0.4) is 0 Å². The van der Waals surface area contributed by atoms with Crippen molar-refractivity contribution in [2.75, 3.05) is 5.32 Å². The molecule has 0 aliphatic heterocycles. The third kappa shape index (κ3) is 4.18. The van der Waals surface area contributed by atoms with Gasteiger partial charge in [-0.3, -0.25) is 4.79 Å². The van der Waals surface area contributed by atoms with Gasteiger partial charge in [-0.1, -0.05) is 49.1 Å². The van der Waals surface area contributed by atoms with Crippen molar-refractivity contribution in [3.8, 4) is 0 Å². The molecular weight excluding hydrogens is 292 g/mol. The van der Waals surface area contributed by atoms with E-state index in [-0.39, 0.29) is 5.91 Å². The lowest BCUT2D eigenvalue weighted by molar-refractivity contribution is -0.117. The quantitative estimate of drug-likeness (QED) is 0.830. The first kappa shape index (κ1) is 15.3. The molecule has 0 radical (unpaired) electrons. The highest BCUT2D eigenvalue weighted by molar-refractivity contribution is 7.80. The number of amides is 1. The van der Waals surface area contributed by atoms with E-state index in [1.54, 1.807) is 18.2 Å². The highest BCUT2D eigenvalue weighted by Gasteiger charge is 2.17. The molecule has 1 fully saturated rings. The molecule has 3 N–H and O–H groups in total. The topological polar surface area (TPSA) is 55.1 Å². The van der Waals surface area contributed by atoms with E-state index in [4.69, 9.17) is 29.6 Å². The molecule has 0 atom stereocenters. The number of nitrogens with one attached hydrogen (secondary N) is 1. The minimum absolute atomic E-state index is 0.0129. The number of carbonyl (C=O) groups is 1. The van der Waals surface area contributed by atoms with Gasteiger partial charge >= 0.3 is 0 Å². The van der Waals surface area contributed by atoms with Gasteiger partial charge in [-0.2, -0.15) is 0 Å². The number of nitrogens with two attached hydrogens (primary N) is 1. The third-order valence-electron chi connectivity index (χ3n) is 3.72. The van der Waals surface area contributed by atoms with Crippen LogP contribution in [-0.2, 0) is 4.79 Å². The fraction of sp³-hybridized carbons (Fsp3) is 0.467. The minimum atomic E-state index is 0.0129. The number of thiocarbonyl (C=S) groups is 1. The van der Waals surface area contributed by atoms with Crippen LogP contribution >= 0.6 is 23.8 Å². The summed E-state index contributed by atoms with van der Waals surface area (Å²) >= 11 is 11.0. The van der Waals surface area contributed by atoms with Crippen LogP contribution in [0.25, 0.3) is 0 Å². The lowest BCUT2D eigenvalue weighted by Crippen LogP contribution is -2.19. The molecule has 5 heteroatoms. The van der Waals surface area contributed by atoms with Crippen molar-refractivity contribution < 1.29 is 4.79 Å². The van der Waals surface area contributed by atoms with Gasteiger partial charge in [0.1, 0.15) is 4.99 Å². The van der Waals surface area contributed by atoms with Gasteiger partial charge in [-0.25, -0.2) is 0 Å². The molecular formula is C15H19ClN2OS. The predicted molar refractivity (Wildman–Crippen MR) is 87.2 cm³/mol. The van der Waals surface area contributed by atoms with Crippen molar-refractivity contribution in [3.63, 3.8) is 0 Å². The Hall–Kier alpha value is -1.13. The van der Waals surface area contributed by atoms with E-state index in [1.165, 1.54) is 19.3 Å². The zero-order valence-electron chi connectivity index (χ0n) is 11.3. The number of hydrogen-bond donors (Lipinski definition) is 2. The van der Waals surface area contributed by atoms with Gasteiger partial charge in [0.15, 0.2) is 0 Å². The van der Waals surface area contributed by atoms with Crippen LogP contribution < -0.4 is 11.1 Å². The Bertz CT molecular complexity index is 513. The summed E-state index contributed by atoms with van der Waals surface area (Å²) in [5.74, 6) is 0.514. The lowest BCUT2D eigenvalue weighted by atomic mass is 9.87. The Balaban J connectivity index is 1.99. The maximum absolute atomic E-state index is 12.1. The molecule has 2 rings (SSSR count). The van der Waals surface area contributed by atoms with Crippen molar-refractivity contribution in [1.82, 2.24) is 0 Å². The van der Waals surface area contributed by atoms with Gasteiger partial charge in [0.25, 0.3) is 0 Å². The molecule has 1 amide bonds. The molecule has 0 spiro atoms. The van der Waals surface area contributed by atoms with E-state index in [0.717, 1.165) is 12.8 Å². The summed E-state index contributed by atoms with van der Waals surface area (Å²) in [5.41, 5.74) is 6.88. The molecule has 0 bridgehead atoms. The van der Waals surface area contributed by atoms with E-state index in [1.807, 2.05) is 0 Å². The first-order valence-corrected chi connectivity index (χ1v) is 7.74. The van der Waals surface area contributed by atoms with Crippen LogP contribution in [0.1, 0.15) is 44.1 Å². The Kier molecular flexibility index (Phi) is 5.38. The van der Waals surface area contributed by atoms with Crippen molar-refractivity contribution in [3.05, 3.63) is 28.8 Å². The van der Waals surface area contributed by atoms with Crippen LogP contribution in [-0.4, -0.2) is 10.9 Å². The Labute approximate surface area is 129 Å². The van der Waals surface area contributed by atoms with Crippen LogP contribution in [0.2, 0.25) is 5.02 Å². The average molecular weight is 311 g/mol. The standard InChI is InChI=1S/C15H19ClN2OS/c16-12-7-6-11(15(17)20)9-13(12)18-14(19)8-10-4-2-1-3-5-10/h6-7,9-10H,1-5,8H2,(H2,17,20)(H,18,19). The summed E-state index contributed by atoms with van der Waals surface area (Å²) in [4.78, 5) is 12.4. The largest absolute Gasteiger partial charge is 0.389 e. The van der Waals surface area contributed by atoms with Gasteiger partial charge in [-0.15, -0.1) is 0 Å². The zero-order valence-corrected chi connectivity index (χ0v) is 12.9. The Morgan fingerprint density at radius 3 is 2.70 bits per heavy atom. The Morgan fingerprint density at radius 1 is 1.35 bits per heavy atom. The molecule has 1 aliphatic carbocycles. The summed E-state index contributed by atoms with van der Waals surface area (Å²) in [6.07, 6.45) is 6.61. The maximum atomic E-state index is 12.1. The number of halogens is 1. The molecule has 0 saturated heterocycles. The van der Waals surface area contributed by atoms with Crippen LogP contribution in [0.4, 0.5) is 5.69 Å². The van der Waals surface area contributed by atoms with Gasteiger partial charge < -0.3 is 11.1 Å². The monoisotopic (exact) mass is 310 g/mol. The first-order chi connectivity index (χ1) is 9.56. The van der Waals surface area contributed by atoms with E-state index in [2.05, 4.69) is 5.32 Å². The molecule has 1 saturated carbocycles. The number of anilines is 1. The first-order valence-electron chi connectivity index (χ1n) is 6.95. The second-order valence-electron chi connectivity index (χ2n) is 5.32. The molecule has 0 aromatic heterocycles. The molecule has 1 aliphatic rings. The summed E-state index contributed by atoms with van der Waals surface area (Å²) < 4.78 is 0. The fourth-order valence-corrected chi connectivity index (χ4v) is 2.92. The zero-order chi connectivity index (χ0) is 14.5. The van der Waals surface area contributed by atoms with Gasteiger partial charge in [-0.05, 0) is 30.9 Å². The van der Waals surface area contributed by atoms with Crippen molar-refractivity contribution in [2.45, 2.75) is 38.5 Å². The number of carbonyl (C=O) groups excluding carboxylic acids is 1. The highest BCUT2D eigenvalue weighted by Crippen LogP contribution is 2.28. The maximum Gasteiger partial charge on any atom is 0.224 e. The lowest BCUT2D eigenvalue weighted by Gasteiger charge is -2.21. The average Bonchev–Trinajstić information content (AvgIpc) is 2.42. The fourth-order valence-electron chi connectivity index (χ4n) is 2.63. The number of rotatable bonds is 4. The van der Waals surface area contributed by atoms with Crippen molar-refractivity contribution in [2.24, 2.45) is 11.7 Å². The van der Waals surface area contributed by atoms with Crippen molar-refractivity contribution >= 4 is 40.4 Å². The van der Waals surface area contributed by atoms with Gasteiger partial charge in [0.05, 0.1) is 10.7 Å². The minimum Gasteiger partial charge on any atom is -0.389 e. The van der Waals surface area contributed by atoms with Crippen LogP contribution in [0.15, 0.2) is 18.2 Å². The summed E-state index contributed by atoms with van der Waals surface area (Å²) in [7, 11) is 0. The van der Waals surface area contributed by atoms with E-state index in [0.29, 0.717) is 33.6 Å². The summed E-state index contributed by atoms with van der Waals surface area (Å²) in [6.45, 7) is 0. The van der Waals surface area contributed by atoms with Crippen LogP contribution in [0, 0.1) is 5.92 Å². The highest BCUT2D eigenvalue weighted by atomic mass is 35.5. The molecule has 108 valence electrons. The van der Waals surface area contributed by atoms with Gasteiger partial charge in [0.2, 0.25) is 5.91 Å². The number of hydrogen-bond acceptors (Lipinski definition) is 2. The van der Waals surface area contributed by atoms with E-state index < -0.39 is 0 Å². The summed E-state index contributed by atoms with van der Waals surface area (Å²) in [5, 5.41) is 3.37.